The fraction of sp³-hybridized carbons (Fsp3) is 0.150. The van der Waals surface area contributed by atoms with E-state index in [1.807, 2.05) is 32.2 Å². The van der Waals surface area contributed by atoms with Crippen LogP contribution in [0.5, 0.6) is 0 Å². The van der Waals surface area contributed by atoms with E-state index < -0.39 is 10.0 Å². The summed E-state index contributed by atoms with van der Waals surface area (Å²) in [5.41, 5.74) is 3.42. The second kappa shape index (κ2) is 7.88. The highest BCUT2D eigenvalue weighted by molar-refractivity contribution is 7.93. The molecule has 2 N–H and O–H groups in total. The van der Waals surface area contributed by atoms with Gasteiger partial charge in [0, 0.05) is 23.5 Å². The van der Waals surface area contributed by atoms with E-state index in [-0.39, 0.29) is 10.8 Å². The molecule has 0 aliphatic carbocycles. The highest BCUT2D eigenvalue weighted by Crippen LogP contribution is 2.21. The molecule has 154 valence electrons. The van der Waals surface area contributed by atoms with Crippen molar-refractivity contribution in [3.8, 4) is 0 Å². The Morgan fingerprint density at radius 1 is 1.20 bits per heavy atom. The molecule has 0 spiro atoms. The van der Waals surface area contributed by atoms with Crippen LogP contribution in [0.15, 0.2) is 59.1 Å². The van der Waals surface area contributed by atoms with Crippen molar-refractivity contribution in [1.82, 2.24) is 14.4 Å². The molecule has 3 heterocycles. The summed E-state index contributed by atoms with van der Waals surface area (Å²) in [6, 6.07) is 9.81. The number of rotatable bonds is 6. The van der Waals surface area contributed by atoms with Crippen LogP contribution in [-0.4, -0.2) is 28.7 Å². The van der Waals surface area contributed by atoms with Crippen LogP contribution >= 0.6 is 11.3 Å². The Morgan fingerprint density at radius 2 is 1.97 bits per heavy atom. The molecule has 0 saturated heterocycles. The Hall–Kier alpha value is -3.24. The van der Waals surface area contributed by atoms with E-state index in [4.69, 9.17) is 0 Å². The van der Waals surface area contributed by atoms with E-state index in [9.17, 15) is 13.2 Å². The van der Waals surface area contributed by atoms with Crippen molar-refractivity contribution in [2.75, 3.05) is 10.0 Å². The molecule has 3 aromatic heterocycles. The standard InChI is InChI=1S/C20H19N5O3S2/c1-3-16-18(25-10-8-13(2)12-17(25)23-16)19(26)22-14-4-6-15(7-5-14)30(27,28)24-20-21-9-11-29-20/h4-12H,3H2,1-2H3,(H,21,24)(H,22,26). The summed E-state index contributed by atoms with van der Waals surface area (Å²) in [6.45, 7) is 3.92. The number of aromatic nitrogens is 3. The van der Waals surface area contributed by atoms with Gasteiger partial charge in [-0.25, -0.2) is 18.4 Å². The van der Waals surface area contributed by atoms with Crippen molar-refractivity contribution in [1.29, 1.82) is 0 Å². The van der Waals surface area contributed by atoms with E-state index in [0.717, 1.165) is 5.56 Å². The van der Waals surface area contributed by atoms with Gasteiger partial charge in [-0.3, -0.25) is 13.9 Å². The zero-order valence-corrected chi connectivity index (χ0v) is 17.9. The summed E-state index contributed by atoms with van der Waals surface area (Å²) >= 11 is 1.19. The predicted octanol–water partition coefficient (Wildman–Crippen LogP) is 3.71. The number of amides is 1. The Balaban J connectivity index is 1.57. The molecule has 0 fully saturated rings. The van der Waals surface area contributed by atoms with Crippen LogP contribution in [0.1, 0.15) is 28.7 Å². The van der Waals surface area contributed by atoms with Gasteiger partial charge in [-0.2, -0.15) is 0 Å². The van der Waals surface area contributed by atoms with Gasteiger partial charge in [0.05, 0.1) is 10.6 Å². The topological polar surface area (TPSA) is 105 Å². The van der Waals surface area contributed by atoms with Gasteiger partial charge >= 0.3 is 0 Å². The van der Waals surface area contributed by atoms with E-state index in [1.165, 1.54) is 29.7 Å². The lowest BCUT2D eigenvalue weighted by atomic mass is 10.2. The number of sulfonamides is 1. The minimum absolute atomic E-state index is 0.0789. The molecule has 30 heavy (non-hydrogen) atoms. The molecule has 4 aromatic rings. The number of benzene rings is 1. The minimum Gasteiger partial charge on any atom is -0.321 e. The first-order valence-corrected chi connectivity index (χ1v) is 11.5. The third-order valence-corrected chi connectivity index (χ3v) is 6.65. The smallest absolute Gasteiger partial charge is 0.274 e. The fourth-order valence-corrected chi connectivity index (χ4v) is 4.83. The van der Waals surface area contributed by atoms with Gasteiger partial charge < -0.3 is 5.32 Å². The van der Waals surface area contributed by atoms with Crippen LogP contribution in [0.3, 0.4) is 0 Å². The van der Waals surface area contributed by atoms with Gasteiger partial charge in [-0.15, -0.1) is 11.3 Å². The first-order chi connectivity index (χ1) is 14.4. The monoisotopic (exact) mass is 441 g/mol. The van der Waals surface area contributed by atoms with Crippen LogP contribution in [0.4, 0.5) is 10.8 Å². The number of pyridine rings is 1. The average Bonchev–Trinajstić information content (AvgIpc) is 3.34. The van der Waals surface area contributed by atoms with E-state index >= 15 is 0 Å². The number of nitrogens with one attached hydrogen (secondary N) is 2. The number of fused-ring (bicyclic) bond motifs is 1. The molecule has 0 aliphatic heterocycles. The van der Waals surface area contributed by atoms with E-state index in [1.54, 1.807) is 21.9 Å². The maximum absolute atomic E-state index is 12.9. The number of nitrogens with zero attached hydrogens (tertiary/aromatic N) is 3. The Kier molecular flexibility index (Phi) is 5.27. The number of aryl methyl sites for hydroxylation is 2. The molecular weight excluding hydrogens is 422 g/mol. The number of carbonyl (C=O) groups excluding carboxylic acids is 1. The van der Waals surface area contributed by atoms with Crippen molar-refractivity contribution in [3.05, 3.63) is 71.1 Å². The lowest BCUT2D eigenvalue weighted by Crippen LogP contribution is -2.17. The van der Waals surface area contributed by atoms with E-state index in [2.05, 4.69) is 20.0 Å². The molecule has 0 bridgehead atoms. The minimum atomic E-state index is -3.74. The normalized spacial score (nSPS) is 11.5. The second-order valence-corrected chi connectivity index (χ2v) is 9.19. The summed E-state index contributed by atoms with van der Waals surface area (Å²) in [6.07, 6.45) is 3.96. The fourth-order valence-electron chi connectivity index (χ4n) is 3.04. The number of anilines is 2. The molecule has 0 atom stereocenters. The first-order valence-electron chi connectivity index (χ1n) is 9.18. The first kappa shape index (κ1) is 20.0. The summed E-state index contributed by atoms with van der Waals surface area (Å²) in [7, 11) is -3.74. The number of hydrogen-bond donors (Lipinski definition) is 2. The molecule has 8 nitrogen and oxygen atoms in total. The highest BCUT2D eigenvalue weighted by atomic mass is 32.2. The van der Waals surface area contributed by atoms with Gasteiger partial charge in [-0.1, -0.05) is 6.92 Å². The average molecular weight is 442 g/mol. The zero-order valence-electron chi connectivity index (χ0n) is 16.3. The third kappa shape index (κ3) is 3.91. The summed E-state index contributed by atoms with van der Waals surface area (Å²) in [5, 5.41) is 4.80. The predicted molar refractivity (Wildman–Crippen MR) is 117 cm³/mol. The van der Waals surface area contributed by atoms with Gasteiger partial charge in [0.25, 0.3) is 15.9 Å². The molecule has 4 rings (SSSR count). The second-order valence-electron chi connectivity index (χ2n) is 6.61. The van der Waals surface area contributed by atoms with Crippen molar-refractivity contribution in [2.24, 2.45) is 0 Å². The van der Waals surface area contributed by atoms with Crippen LogP contribution < -0.4 is 10.0 Å². The van der Waals surface area contributed by atoms with Gasteiger partial charge in [0.1, 0.15) is 11.3 Å². The van der Waals surface area contributed by atoms with Gasteiger partial charge in [-0.05, 0) is 55.3 Å². The molecule has 1 amide bonds. The number of hydrogen-bond acceptors (Lipinski definition) is 6. The summed E-state index contributed by atoms with van der Waals surface area (Å²) in [4.78, 5) is 21.5. The van der Waals surface area contributed by atoms with Crippen molar-refractivity contribution in [3.63, 3.8) is 0 Å². The van der Waals surface area contributed by atoms with E-state index in [0.29, 0.717) is 34.3 Å². The number of carbonyl (C=O) groups is 1. The maximum atomic E-state index is 12.9. The zero-order chi connectivity index (χ0) is 21.3. The molecule has 10 heteroatoms. The highest BCUT2D eigenvalue weighted by Gasteiger charge is 2.19. The largest absolute Gasteiger partial charge is 0.321 e. The molecule has 1 aromatic carbocycles. The van der Waals surface area contributed by atoms with Crippen molar-refractivity contribution >= 4 is 43.7 Å². The molecule has 0 radical (unpaired) electrons. The molecule has 0 aliphatic rings. The summed E-state index contributed by atoms with van der Waals surface area (Å²) < 4.78 is 29.0. The SMILES string of the molecule is CCc1nc2cc(C)ccn2c1C(=O)Nc1ccc(S(=O)(=O)Nc2nccs2)cc1. The quantitative estimate of drug-likeness (QED) is 0.474. The van der Waals surface area contributed by atoms with Gasteiger partial charge in [0.15, 0.2) is 5.13 Å². The van der Waals surface area contributed by atoms with Crippen molar-refractivity contribution < 1.29 is 13.2 Å². The molecular formula is C20H19N5O3S2. The number of imidazole rings is 1. The maximum Gasteiger partial charge on any atom is 0.274 e. The Morgan fingerprint density at radius 3 is 2.63 bits per heavy atom. The Bertz CT molecular complexity index is 1310. The lowest BCUT2D eigenvalue weighted by Gasteiger charge is -2.09. The number of thiazole rings is 1. The van der Waals surface area contributed by atoms with Crippen LogP contribution in [0, 0.1) is 6.92 Å². The molecule has 0 unspecified atom stereocenters. The van der Waals surface area contributed by atoms with Crippen LogP contribution in [-0.2, 0) is 16.4 Å². The lowest BCUT2D eigenvalue weighted by molar-refractivity contribution is 0.102. The van der Waals surface area contributed by atoms with Crippen LogP contribution in [0.2, 0.25) is 0 Å². The van der Waals surface area contributed by atoms with Crippen molar-refractivity contribution in [2.45, 2.75) is 25.2 Å². The van der Waals surface area contributed by atoms with Gasteiger partial charge in [0.2, 0.25) is 0 Å². The Labute approximate surface area is 177 Å². The van der Waals surface area contributed by atoms with Crippen LogP contribution in [0.25, 0.3) is 5.65 Å². The molecule has 0 saturated carbocycles. The third-order valence-electron chi connectivity index (χ3n) is 4.48. The summed E-state index contributed by atoms with van der Waals surface area (Å²) in [5.74, 6) is -0.306.